The highest BCUT2D eigenvalue weighted by molar-refractivity contribution is 6.05. The smallest absolute Gasteiger partial charge is 0.0726 e. The maximum absolute atomic E-state index is 2.58. The molecular weight excluding hydrogens is 819 g/mol. The fourth-order valence-corrected chi connectivity index (χ4v) is 13.2. The van der Waals surface area contributed by atoms with Crippen LogP contribution in [0.4, 0.5) is 17.1 Å². The highest BCUT2D eigenvalue weighted by atomic mass is 15.1. The fraction of sp³-hybridized carbons (Fsp3) is 0.104. The summed E-state index contributed by atoms with van der Waals surface area (Å²) >= 11 is 0. The Kier molecular flexibility index (Phi) is 8.08. The lowest BCUT2D eigenvalue weighted by atomic mass is 9.70. The Bertz CT molecular complexity index is 3660. The van der Waals surface area contributed by atoms with Crippen LogP contribution >= 0.6 is 0 Å². The second-order valence-corrected chi connectivity index (χ2v) is 20.4. The number of anilines is 3. The van der Waals surface area contributed by atoms with Gasteiger partial charge in [-0.25, -0.2) is 0 Å². The van der Waals surface area contributed by atoms with Crippen molar-refractivity contribution in [2.45, 2.75) is 43.9 Å². The van der Waals surface area contributed by atoms with Crippen molar-refractivity contribution in [2.75, 3.05) is 4.90 Å². The Morgan fingerprint density at radius 2 is 0.632 bits per heavy atom. The van der Waals surface area contributed by atoms with E-state index in [1.807, 2.05) is 0 Å². The third-order valence-electron chi connectivity index (χ3n) is 16.3. The Hall–Kier alpha value is -8.00. The van der Waals surface area contributed by atoms with Crippen molar-refractivity contribution >= 4 is 17.1 Å². The molecule has 4 aliphatic carbocycles. The molecule has 10 aromatic rings. The van der Waals surface area contributed by atoms with Crippen LogP contribution in [0.3, 0.4) is 0 Å². The van der Waals surface area contributed by atoms with Gasteiger partial charge in [0.25, 0.3) is 0 Å². The van der Waals surface area contributed by atoms with Crippen LogP contribution in [0.25, 0.3) is 66.8 Å². The molecule has 322 valence electrons. The number of hydrogen-bond donors (Lipinski definition) is 0. The van der Waals surface area contributed by atoms with Crippen molar-refractivity contribution in [3.63, 3.8) is 0 Å². The Labute approximate surface area is 399 Å². The zero-order chi connectivity index (χ0) is 45.5. The SMILES string of the molecule is CC1(C)c2ccccc2-c2c1cc1c(c2-c2ccccc2)-c2ccc(N(c3ccc(-c4ccccc4)cc3)c3ccc4c(c3)C3(c5ccccc5-c5ccccc53)c3ccccc3-4)cc2C1(C)C. The third kappa shape index (κ3) is 5.11. The molecule has 0 heterocycles. The summed E-state index contributed by atoms with van der Waals surface area (Å²) in [5.41, 5.74) is 29.2. The van der Waals surface area contributed by atoms with Gasteiger partial charge in [-0.05, 0) is 148 Å². The van der Waals surface area contributed by atoms with E-state index in [0.29, 0.717) is 0 Å². The highest BCUT2D eigenvalue weighted by Gasteiger charge is 2.52. The average Bonchev–Trinajstić information content (AvgIpc) is 4.01. The summed E-state index contributed by atoms with van der Waals surface area (Å²) in [4.78, 5) is 2.51. The minimum absolute atomic E-state index is 0.131. The third-order valence-corrected chi connectivity index (χ3v) is 16.3. The van der Waals surface area contributed by atoms with Crippen molar-refractivity contribution in [1.29, 1.82) is 0 Å². The molecule has 14 rings (SSSR count). The van der Waals surface area contributed by atoms with E-state index in [1.54, 1.807) is 0 Å². The number of hydrogen-bond acceptors (Lipinski definition) is 1. The predicted molar refractivity (Wildman–Crippen MR) is 283 cm³/mol. The standard InChI is InChI=1S/C67H49N/c1-65(2)54-27-15-14-26-52(54)63-60(65)41-61-64(62(63)44-21-9-6-10-22-44)53-38-36-46(39-58(53)66(61,3)4)68(45-33-31-43(32-34-45)42-19-7-5-8-20-42)47-35-37-51-50-25-13-18-30-57(50)67(59(51)40-47)55-28-16-11-23-48(55)49-24-12-17-29-56(49)67/h5-41H,1-4H3. The molecular formula is C67H49N. The molecule has 0 N–H and O–H groups in total. The van der Waals surface area contributed by atoms with Crippen LogP contribution in [-0.4, -0.2) is 0 Å². The molecule has 10 aromatic carbocycles. The molecule has 0 saturated carbocycles. The number of rotatable bonds is 5. The summed E-state index contributed by atoms with van der Waals surface area (Å²) in [6.45, 7) is 9.72. The molecule has 4 aliphatic rings. The van der Waals surface area contributed by atoms with Crippen LogP contribution in [-0.2, 0) is 16.2 Å². The van der Waals surface area contributed by atoms with Crippen molar-refractivity contribution in [2.24, 2.45) is 0 Å². The first kappa shape index (κ1) is 39.2. The predicted octanol–water partition coefficient (Wildman–Crippen LogP) is 17.4. The highest BCUT2D eigenvalue weighted by Crippen LogP contribution is 2.64. The summed E-state index contributed by atoms with van der Waals surface area (Å²) in [6.07, 6.45) is 0. The lowest BCUT2D eigenvalue weighted by molar-refractivity contribution is 0.639. The second kappa shape index (κ2) is 14.0. The fourth-order valence-electron chi connectivity index (χ4n) is 13.2. The van der Waals surface area contributed by atoms with E-state index in [-0.39, 0.29) is 10.8 Å². The molecule has 68 heavy (non-hydrogen) atoms. The van der Waals surface area contributed by atoms with Gasteiger partial charge in [0.15, 0.2) is 0 Å². The minimum Gasteiger partial charge on any atom is -0.310 e. The Morgan fingerprint density at radius 3 is 1.19 bits per heavy atom. The van der Waals surface area contributed by atoms with E-state index in [9.17, 15) is 0 Å². The molecule has 0 saturated heterocycles. The Balaban J connectivity index is 1.00. The molecule has 0 aromatic heterocycles. The lowest BCUT2D eigenvalue weighted by Crippen LogP contribution is -2.26. The molecule has 0 radical (unpaired) electrons. The van der Waals surface area contributed by atoms with Crippen molar-refractivity contribution in [1.82, 2.24) is 0 Å². The zero-order valence-corrected chi connectivity index (χ0v) is 38.8. The van der Waals surface area contributed by atoms with Crippen LogP contribution < -0.4 is 4.90 Å². The molecule has 0 aliphatic heterocycles. The molecule has 0 amide bonds. The first-order valence-electron chi connectivity index (χ1n) is 24.2. The van der Waals surface area contributed by atoms with Crippen LogP contribution in [0.1, 0.15) is 72.2 Å². The molecule has 1 nitrogen and oxygen atoms in total. The van der Waals surface area contributed by atoms with E-state index >= 15 is 0 Å². The van der Waals surface area contributed by atoms with Gasteiger partial charge in [-0.1, -0.05) is 216 Å². The van der Waals surface area contributed by atoms with Crippen LogP contribution in [0.5, 0.6) is 0 Å². The van der Waals surface area contributed by atoms with E-state index < -0.39 is 5.41 Å². The topological polar surface area (TPSA) is 3.24 Å². The zero-order valence-electron chi connectivity index (χ0n) is 38.8. The largest absolute Gasteiger partial charge is 0.310 e. The first-order chi connectivity index (χ1) is 33.3. The van der Waals surface area contributed by atoms with Gasteiger partial charge in [0.05, 0.1) is 5.41 Å². The van der Waals surface area contributed by atoms with E-state index in [0.717, 1.165) is 17.1 Å². The van der Waals surface area contributed by atoms with Gasteiger partial charge in [-0.2, -0.15) is 0 Å². The van der Waals surface area contributed by atoms with Crippen molar-refractivity contribution in [3.8, 4) is 66.8 Å². The average molecular weight is 868 g/mol. The summed E-state index contributed by atoms with van der Waals surface area (Å²) in [7, 11) is 0. The molecule has 1 heteroatoms. The summed E-state index contributed by atoms with van der Waals surface area (Å²) < 4.78 is 0. The quantitative estimate of drug-likeness (QED) is 0.167. The van der Waals surface area contributed by atoms with Crippen LogP contribution in [0.2, 0.25) is 0 Å². The minimum atomic E-state index is -0.444. The maximum Gasteiger partial charge on any atom is 0.0726 e. The van der Waals surface area contributed by atoms with Gasteiger partial charge in [0.1, 0.15) is 0 Å². The summed E-state index contributed by atoms with van der Waals surface area (Å²) in [5, 5.41) is 0. The van der Waals surface area contributed by atoms with Crippen LogP contribution in [0, 0.1) is 0 Å². The molecule has 0 bridgehead atoms. The first-order valence-corrected chi connectivity index (χ1v) is 24.2. The monoisotopic (exact) mass is 867 g/mol. The van der Waals surface area contributed by atoms with Crippen LogP contribution in [0.15, 0.2) is 224 Å². The van der Waals surface area contributed by atoms with Crippen molar-refractivity contribution in [3.05, 3.63) is 269 Å². The summed E-state index contributed by atoms with van der Waals surface area (Å²) in [5.74, 6) is 0. The van der Waals surface area contributed by atoms with Gasteiger partial charge in [0.2, 0.25) is 0 Å². The number of fused-ring (bicyclic) bond motifs is 16. The van der Waals surface area contributed by atoms with E-state index in [2.05, 4.69) is 257 Å². The Morgan fingerprint density at radius 1 is 0.250 bits per heavy atom. The lowest BCUT2D eigenvalue weighted by Gasteiger charge is -2.32. The molecule has 0 unspecified atom stereocenters. The van der Waals surface area contributed by atoms with Gasteiger partial charge in [-0.15, -0.1) is 0 Å². The van der Waals surface area contributed by atoms with Crippen molar-refractivity contribution < 1.29 is 0 Å². The normalized spacial score (nSPS) is 15.1. The summed E-state index contributed by atoms with van der Waals surface area (Å²) in [6, 6.07) is 84.6. The molecule has 0 atom stereocenters. The number of benzene rings is 10. The number of nitrogens with zero attached hydrogens (tertiary/aromatic N) is 1. The van der Waals surface area contributed by atoms with Gasteiger partial charge < -0.3 is 4.90 Å². The van der Waals surface area contributed by atoms with Gasteiger partial charge >= 0.3 is 0 Å². The van der Waals surface area contributed by atoms with E-state index in [1.165, 1.54) is 111 Å². The maximum atomic E-state index is 2.58. The van der Waals surface area contributed by atoms with E-state index in [4.69, 9.17) is 0 Å². The molecule has 0 fully saturated rings. The molecule has 1 spiro atoms. The second-order valence-electron chi connectivity index (χ2n) is 20.4. The van der Waals surface area contributed by atoms with Gasteiger partial charge in [0, 0.05) is 27.9 Å². The van der Waals surface area contributed by atoms with Gasteiger partial charge in [-0.3, -0.25) is 0 Å².